The van der Waals surface area contributed by atoms with E-state index in [2.05, 4.69) is 10.5 Å². The Morgan fingerprint density at radius 2 is 2.00 bits per heavy atom. The second-order valence-electron chi connectivity index (χ2n) is 7.78. The topological polar surface area (TPSA) is 71.0 Å². The monoisotopic (exact) mass is 355 g/mol. The van der Waals surface area contributed by atoms with Gasteiger partial charge in [0.15, 0.2) is 0 Å². The Hall–Kier alpha value is -2.37. The summed E-state index contributed by atoms with van der Waals surface area (Å²) in [6, 6.07) is 10.1. The maximum Gasteiger partial charge on any atom is 0.269 e. The lowest BCUT2D eigenvalue weighted by molar-refractivity contribution is -0.155. The minimum atomic E-state index is -0.986. The van der Waals surface area contributed by atoms with Gasteiger partial charge in [0, 0.05) is 25.6 Å². The maximum absolute atomic E-state index is 13.1. The fourth-order valence-corrected chi connectivity index (χ4v) is 3.70. The number of rotatable bonds is 4. The molecule has 2 aliphatic heterocycles. The van der Waals surface area contributed by atoms with Gasteiger partial charge in [0.05, 0.1) is 11.6 Å². The Kier molecular flexibility index (Phi) is 4.42. The lowest BCUT2D eigenvalue weighted by Crippen LogP contribution is -2.52. The van der Waals surface area contributed by atoms with Crippen LogP contribution in [0.3, 0.4) is 0 Å². The van der Waals surface area contributed by atoms with Crippen LogP contribution >= 0.6 is 0 Å². The summed E-state index contributed by atoms with van der Waals surface area (Å²) in [6.07, 6.45) is 4.28. The summed E-state index contributed by atoms with van der Waals surface area (Å²) in [4.78, 5) is 32.8. The molecule has 0 radical (unpaired) electrons. The highest BCUT2D eigenvalue weighted by molar-refractivity contribution is 6.05. The zero-order valence-corrected chi connectivity index (χ0v) is 15.1. The fourth-order valence-electron chi connectivity index (χ4n) is 3.70. The number of hydrogen-bond acceptors (Lipinski definition) is 4. The lowest BCUT2D eigenvalue weighted by Gasteiger charge is -2.35. The quantitative estimate of drug-likeness (QED) is 0.899. The van der Waals surface area contributed by atoms with Crippen LogP contribution in [-0.4, -0.2) is 47.2 Å². The van der Waals surface area contributed by atoms with Crippen molar-refractivity contribution < 1.29 is 14.4 Å². The van der Waals surface area contributed by atoms with Gasteiger partial charge in [-0.25, -0.2) is 0 Å². The van der Waals surface area contributed by atoms with Gasteiger partial charge in [0.2, 0.25) is 11.5 Å². The Balaban J connectivity index is 1.39. The van der Waals surface area contributed by atoms with E-state index in [0.29, 0.717) is 25.6 Å². The molecule has 1 N–H and O–H groups in total. The van der Waals surface area contributed by atoms with E-state index in [1.165, 1.54) is 0 Å². The number of likely N-dealkylation sites (tertiary alicyclic amines) is 1. The molecular formula is C20H25N3O3. The van der Waals surface area contributed by atoms with Crippen molar-refractivity contribution in [3.63, 3.8) is 0 Å². The van der Waals surface area contributed by atoms with E-state index in [1.54, 1.807) is 11.8 Å². The molecule has 6 nitrogen and oxygen atoms in total. The summed E-state index contributed by atoms with van der Waals surface area (Å²) >= 11 is 0. The van der Waals surface area contributed by atoms with E-state index < -0.39 is 5.60 Å². The highest BCUT2D eigenvalue weighted by atomic mass is 16.7. The molecule has 26 heavy (non-hydrogen) atoms. The van der Waals surface area contributed by atoms with Crippen molar-refractivity contribution in [2.75, 3.05) is 13.1 Å². The van der Waals surface area contributed by atoms with Crippen LogP contribution in [0.15, 0.2) is 35.5 Å². The summed E-state index contributed by atoms with van der Waals surface area (Å²) in [7, 11) is 0. The molecule has 2 unspecified atom stereocenters. The highest BCUT2D eigenvalue weighted by Gasteiger charge is 2.46. The number of amides is 2. The number of hydrogen-bond donors (Lipinski definition) is 1. The zero-order chi connectivity index (χ0) is 18.1. The van der Waals surface area contributed by atoms with E-state index >= 15 is 0 Å². The van der Waals surface area contributed by atoms with Crippen LogP contribution in [0.5, 0.6) is 0 Å². The average Bonchev–Trinajstić information content (AvgIpc) is 3.40. The van der Waals surface area contributed by atoms with Gasteiger partial charge in [-0.2, -0.15) is 0 Å². The SMILES string of the molecule is CC1(C(=O)N2CCCC(C(=O)NC3CC3)C2)CC(c2ccccc2)=NO1. The van der Waals surface area contributed by atoms with Crippen LogP contribution in [0.25, 0.3) is 0 Å². The lowest BCUT2D eigenvalue weighted by atomic mass is 9.91. The van der Waals surface area contributed by atoms with Crippen molar-refractivity contribution in [2.24, 2.45) is 11.1 Å². The predicted octanol–water partition coefficient (Wildman–Crippen LogP) is 2.09. The van der Waals surface area contributed by atoms with E-state index in [0.717, 1.165) is 37.0 Å². The second-order valence-corrected chi connectivity index (χ2v) is 7.78. The summed E-state index contributed by atoms with van der Waals surface area (Å²) < 4.78 is 0. The van der Waals surface area contributed by atoms with Crippen LogP contribution in [-0.2, 0) is 14.4 Å². The van der Waals surface area contributed by atoms with E-state index in [1.807, 2.05) is 30.3 Å². The smallest absolute Gasteiger partial charge is 0.269 e. The molecule has 4 rings (SSSR count). The van der Waals surface area contributed by atoms with Gasteiger partial charge in [-0.3, -0.25) is 9.59 Å². The largest absolute Gasteiger partial charge is 0.379 e. The maximum atomic E-state index is 13.1. The molecule has 1 aliphatic carbocycles. The molecular weight excluding hydrogens is 330 g/mol. The summed E-state index contributed by atoms with van der Waals surface area (Å²) in [6.45, 7) is 2.94. The second kappa shape index (κ2) is 6.74. The highest BCUT2D eigenvalue weighted by Crippen LogP contribution is 2.30. The molecule has 138 valence electrons. The molecule has 0 spiro atoms. The van der Waals surface area contributed by atoms with Crippen LogP contribution in [0.4, 0.5) is 0 Å². The van der Waals surface area contributed by atoms with Gasteiger partial charge in [-0.15, -0.1) is 0 Å². The molecule has 2 fully saturated rings. The van der Waals surface area contributed by atoms with Gasteiger partial charge < -0.3 is 15.1 Å². The first-order valence-corrected chi connectivity index (χ1v) is 9.45. The van der Waals surface area contributed by atoms with E-state index in [-0.39, 0.29) is 17.7 Å². The van der Waals surface area contributed by atoms with Crippen LogP contribution in [0.2, 0.25) is 0 Å². The zero-order valence-electron chi connectivity index (χ0n) is 15.1. The van der Waals surface area contributed by atoms with Gasteiger partial charge >= 0.3 is 0 Å². The normalized spacial score (nSPS) is 28.3. The van der Waals surface area contributed by atoms with Gasteiger partial charge in [0.1, 0.15) is 0 Å². The fraction of sp³-hybridized carbons (Fsp3) is 0.550. The molecule has 1 saturated carbocycles. The third kappa shape index (κ3) is 3.45. The molecule has 6 heteroatoms. The van der Waals surface area contributed by atoms with Crippen LogP contribution < -0.4 is 5.32 Å². The van der Waals surface area contributed by atoms with Crippen molar-refractivity contribution in [3.05, 3.63) is 35.9 Å². The number of oxime groups is 1. The molecule has 1 saturated heterocycles. The number of piperidine rings is 1. The van der Waals surface area contributed by atoms with Crippen molar-refractivity contribution in [3.8, 4) is 0 Å². The Labute approximate surface area is 153 Å². The molecule has 2 atom stereocenters. The molecule has 0 aromatic heterocycles. The van der Waals surface area contributed by atoms with Crippen LogP contribution in [0.1, 0.15) is 44.6 Å². The van der Waals surface area contributed by atoms with Gasteiger partial charge in [-0.05, 0) is 38.2 Å². The predicted molar refractivity (Wildman–Crippen MR) is 97.6 cm³/mol. The first-order chi connectivity index (χ1) is 12.5. The summed E-state index contributed by atoms with van der Waals surface area (Å²) in [5, 5.41) is 7.23. The third-order valence-electron chi connectivity index (χ3n) is 5.42. The number of carbonyl (C=O) groups excluding carboxylic acids is 2. The number of nitrogens with one attached hydrogen (secondary N) is 1. The molecule has 1 aromatic rings. The van der Waals surface area contributed by atoms with Crippen molar-refractivity contribution in [2.45, 2.75) is 50.7 Å². The van der Waals surface area contributed by atoms with Gasteiger partial charge in [0.25, 0.3) is 5.91 Å². The number of nitrogens with zero attached hydrogens (tertiary/aromatic N) is 2. The van der Waals surface area contributed by atoms with E-state index in [9.17, 15) is 9.59 Å². The number of carbonyl (C=O) groups is 2. The molecule has 1 aromatic carbocycles. The van der Waals surface area contributed by atoms with Gasteiger partial charge in [-0.1, -0.05) is 35.5 Å². The Bertz CT molecular complexity index is 729. The van der Waals surface area contributed by atoms with E-state index in [4.69, 9.17) is 4.84 Å². The average molecular weight is 355 g/mol. The molecule has 0 bridgehead atoms. The number of benzene rings is 1. The third-order valence-corrected chi connectivity index (χ3v) is 5.42. The Morgan fingerprint density at radius 1 is 1.23 bits per heavy atom. The Morgan fingerprint density at radius 3 is 2.73 bits per heavy atom. The minimum Gasteiger partial charge on any atom is -0.379 e. The van der Waals surface area contributed by atoms with Crippen LogP contribution in [0, 0.1) is 5.92 Å². The minimum absolute atomic E-state index is 0.0731. The first kappa shape index (κ1) is 17.1. The molecule has 3 aliphatic rings. The summed E-state index contributed by atoms with van der Waals surface area (Å²) in [5.74, 6) is -0.104. The van der Waals surface area contributed by atoms with Crippen molar-refractivity contribution >= 4 is 17.5 Å². The molecule has 2 heterocycles. The first-order valence-electron chi connectivity index (χ1n) is 9.45. The molecule has 2 amide bonds. The summed E-state index contributed by atoms with van der Waals surface area (Å²) in [5.41, 5.74) is 0.783. The standard InChI is InChI=1S/C20H25N3O3/c1-20(12-17(22-26-20)14-6-3-2-4-7-14)19(25)23-11-5-8-15(13-23)18(24)21-16-9-10-16/h2-4,6-7,15-16H,5,8-13H2,1H3,(H,21,24). The van der Waals surface area contributed by atoms with Crippen molar-refractivity contribution in [1.29, 1.82) is 0 Å². The van der Waals surface area contributed by atoms with Crippen molar-refractivity contribution in [1.82, 2.24) is 10.2 Å².